The highest BCUT2D eigenvalue weighted by atomic mass is 16.5. The molecule has 2 rings (SSSR count). The third-order valence-electron chi connectivity index (χ3n) is 3.95. The highest BCUT2D eigenvalue weighted by Gasteiger charge is 2.09. The zero-order valence-corrected chi connectivity index (χ0v) is 17.2. The molecule has 0 spiro atoms. The van der Waals surface area contributed by atoms with Crippen molar-refractivity contribution in [2.75, 3.05) is 42.3 Å². The lowest BCUT2D eigenvalue weighted by atomic mass is 10.2. The number of nitrogens with one attached hydrogen (secondary N) is 3. The molecule has 0 radical (unpaired) electrons. The normalized spacial score (nSPS) is 10.5. The minimum Gasteiger partial charge on any atom is -0.489 e. The van der Waals surface area contributed by atoms with Gasteiger partial charge in [-0.05, 0) is 37.3 Å². The van der Waals surface area contributed by atoms with E-state index < -0.39 is 0 Å². The van der Waals surface area contributed by atoms with E-state index >= 15 is 0 Å². The molecule has 7 heteroatoms. The van der Waals surface area contributed by atoms with Gasteiger partial charge < -0.3 is 25.4 Å². The maximum absolute atomic E-state index is 12.3. The van der Waals surface area contributed by atoms with Crippen molar-refractivity contribution in [3.63, 3.8) is 0 Å². The smallest absolute Gasteiger partial charge is 0.243 e. The molecule has 0 fully saturated rings. The van der Waals surface area contributed by atoms with Gasteiger partial charge in [0.2, 0.25) is 11.8 Å². The van der Waals surface area contributed by atoms with Crippen LogP contribution in [-0.2, 0) is 14.3 Å². The van der Waals surface area contributed by atoms with Crippen LogP contribution in [0.25, 0.3) is 0 Å². The third kappa shape index (κ3) is 7.83. The Labute approximate surface area is 171 Å². The number of rotatable bonds is 11. The number of ether oxygens (including phenoxy) is 2. The number of hydrogen-bond donors (Lipinski definition) is 3. The number of amides is 2. The molecule has 156 valence electrons. The van der Waals surface area contributed by atoms with E-state index in [0.29, 0.717) is 36.9 Å². The standard InChI is InChI=1S/C22H29N3O4/c1-4-28-12-13-29-20-11-6-5-10-19(20)23-15-21(26)24-17-8-7-9-18(14-17)25-22(27)16(2)3/h5-11,14,16,23H,4,12-13,15H2,1-3H3,(H,24,26)(H,25,27). The van der Waals surface area contributed by atoms with Gasteiger partial charge in [0, 0.05) is 23.9 Å². The highest BCUT2D eigenvalue weighted by Crippen LogP contribution is 2.23. The molecule has 0 atom stereocenters. The topological polar surface area (TPSA) is 88.7 Å². The van der Waals surface area contributed by atoms with Crippen molar-refractivity contribution in [2.24, 2.45) is 5.92 Å². The minimum absolute atomic E-state index is 0.0731. The van der Waals surface area contributed by atoms with Crippen molar-refractivity contribution in [2.45, 2.75) is 20.8 Å². The minimum atomic E-state index is -0.207. The molecular weight excluding hydrogens is 370 g/mol. The summed E-state index contributed by atoms with van der Waals surface area (Å²) in [6, 6.07) is 14.5. The predicted octanol–water partition coefficient (Wildman–Crippen LogP) is 3.75. The van der Waals surface area contributed by atoms with Crippen LogP contribution in [0.2, 0.25) is 0 Å². The molecule has 0 heterocycles. The Hall–Kier alpha value is -3.06. The molecule has 0 saturated carbocycles. The summed E-state index contributed by atoms with van der Waals surface area (Å²) < 4.78 is 11.0. The zero-order chi connectivity index (χ0) is 21.1. The number of carbonyl (C=O) groups excluding carboxylic acids is 2. The van der Waals surface area contributed by atoms with Crippen LogP contribution < -0.4 is 20.7 Å². The fourth-order valence-corrected chi connectivity index (χ4v) is 2.44. The first kappa shape index (κ1) is 22.2. The molecule has 3 N–H and O–H groups in total. The van der Waals surface area contributed by atoms with Crippen LogP contribution in [0, 0.1) is 5.92 Å². The number of hydrogen-bond acceptors (Lipinski definition) is 5. The molecule has 29 heavy (non-hydrogen) atoms. The first-order chi connectivity index (χ1) is 14.0. The third-order valence-corrected chi connectivity index (χ3v) is 3.95. The van der Waals surface area contributed by atoms with Gasteiger partial charge in [-0.1, -0.05) is 32.0 Å². The Balaban J connectivity index is 1.88. The Kier molecular flexibility index (Phi) is 8.98. The van der Waals surface area contributed by atoms with Crippen LogP contribution in [0.15, 0.2) is 48.5 Å². The van der Waals surface area contributed by atoms with E-state index in [9.17, 15) is 9.59 Å². The van der Waals surface area contributed by atoms with Crippen LogP contribution in [0.3, 0.4) is 0 Å². The molecule has 0 unspecified atom stereocenters. The van der Waals surface area contributed by atoms with Crippen molar-refractivity contribution in [3.05, 3.63) is 48.5 Å². The summed E-state index contributed by atoms with van der Waals surface area (Å²) in [5, 5.41) is 8.73. The molecule has 0 aliphatic rings. The van der Waals surface area contributed by atoms with Gasteiger partial charge in [-0.3, -0.25) is 9.59 Å². The summed E-state index contributed by atoms with van der Waals surface area (Å²) in [4.78, 5) is 24.1. The Morgan fingerprint density at radius 1 is 0.966 bits per heavy atom. The first-order valence-electron chi connectivity index (χ1n) is 9.73. The van der Waals surface area contributed by atoms with Crippen LogP contribution in [0.1, 0.15) is 20.8 Å². The van der Waals surface area contributed by atoms with Gasteiger partial charge in [0.1, 0.15) is 12.4 Å². The van der Waals surface area contributed by atoms with E-state index in [-0.39, 0.29) is 24.3 Å². The number of benzene rings is 2. The number of anilines is 3. The molecule has 0 saturated heterocycles. The van der Waals surface area contributed by atoms with E-state index in [1.165, 1.54) is 0 Å². The summed E-state index contributed by atoms with van der Waals surface area (Å²) in [5.74, 6) is 0.268. The lowest BCUT2D eigenvalue weighted by molar-refractivity contribution is -0.119. The van der Waals surface area contributed by atoms with Crippen molar-refractivity contribution in [1.82, 2.24) is 0 Å². The summed E-state index contributed by atoms with van der Waals surface area (Å²) in [5.41, 5.74) is 1.99. The van der Waals surface area contributed by atoms with Gasteiger partial charge in [0.15, 0.2) is 0 Å². The molecule has 0 aliphatic carbocycles. The van der Waals surface area contributed by atoms with Gasteiger partial charge in [0.05, 0.1) is 18.8 Å². The predicted molar refractivity (Wildman–Crippen MR) is 115 cm³/mol. The largest absolute Gasteiger partial charge is 0.489 e. The summed E-state index contributed by atoms with van der Waals surface area (Å²) in [6.45, 7) is 7.25. The van der Waals surface area contributed by atoms with Crippen molar-refractivity contribution in [1.29, 1.82) is 0 Å². The molecule has 0 aromatic heterocycles. The lowest BCUT2D eigenvalue weighted by Gasteiger charge is -2.14. The van der Waals surface area contributed by atoms with E-state index in [4.69, 9.17) is 9.47 Å². The van der Waals surface area contributed by atoms with Crippen LogP contribution in [-0.4, -0.2) is 38.2 Å². The Bertz CT molecular complexity index is 808. The molecule has 7 nitrogen and oxygen atoms in total. The van der Waals surface area contributed by atoms with E-state index in [1.807, 2.05) is 45.0 Å². The maximum Gasteiger partial charge on any atom is 0.243 e. The van der Waals surface area contributed by atoms with Crippen LogP contribution >= 0.6 is 0 Å². The van der Waals surface area contributed by atoms with Crippen LogP contribution in [0.5, 0.6) is 5.75 Å². The average molecular weight is 399 g/mol. The first-order valence-corrected chi connectivity index (χ1v) is 9.73. The summed E-state index contributed by atoms with van der Waals surface area (Å²) >= 11 is 0. The Morgan fingerprint density at radius 2 is 1.69 bits per heavy atom. The van der Waals surface area contributed by atoms with Gasteiger partial charge in [-0.25, -0.2) is 0 Å². The Morgan fingerprint density at radius 3 is 2.41 bits per heavy atom. The second-order valence-electron chi connectivity index (χ2n) is 6.67. The van der Waals surface area contributed by atoms with E-state index in [0.717, 1.165) is 5.69 Å². The van der Waals surface area contributed by atoms with Gasteiger partial charge in [-0.2, -0.15) is 0 Å². The number of carbonyl (C=O) groups is 2. The van der Waals surface area contributed by atoms with Crippen LogP contribution in [0.4, 0.5) is 17.1 Å². The zero-order valence-electron chi connectivity index (χ0n) is 17.2. The highest BCUT2D eigenvalue weighted by molar-refractivity contribution is 5.96. The van der Waals surface area contributed by atoms with Gasteiger partial charge in [-0.15, -0.1) is 0 Å². The van der Waals surface area contributed by atoms with E-state index in [1.54, 1.807) is 24.3 Å². The van der Waals surface area contributed by atoms with Gasteiger partial charge >= 0.3 is 0 Å². The molecular formula is C22H29N3O4. The second kappa shape index (κ2) is 11.7. The van der Waals surface area contributed by atoms with Crippen molar-refractivity contribution in [3.8, 4) is 5.75 Å². The number of para-hydroxylation sites is 2. The fraction of sp³-hybridized carbons (Fsp3) is 0.364. The summed E-state index contributed by atoms with van der Waals surface area (Å²) in [6.07, 6.45) is 0. The molecule has 2 aromatic rings. The fourth-order valence-electron chi connectivity index (χ4n) is 2.44. The second-order valence-corrected chi connectivity index (χ2v) is 6.67. The maximum atomic E-state index is 12.3. The quantitative estimate of drug-likeness (QED) is 0.501. The molecule has 0 aliphatic heterocycles. The monoisotopic (exact) mass is 399 g/mol. The summed E-state index contributed by atoms with van der Waals surface area (Å²) in [7, 11) is 0. The van der Waals surface area contributed by atoms with E-state index in [2.05, 4.69) is 16.0 Å². The van der Waals surface area contributed by atoms with Crippen molar-refractivity contribution < 1.29 is 19.1 Å². The lowest BCUT2D eigenvalue weighted by Crippen LogP contribution is -2.22. The molecule has 2 aromatic carbocycles. The average Bonchev–Trinajstić information content (AvgIpc) is 2.70. The molecule has 2 amide bonds. The van der Waals surface area contributed by atoms with Gasteiger partial charge in [0.25, 0.3) is 0 Å². The van der Waals surface area contributed by atoms with Crippen molar-refractivity contribution >= 4 is 28.9 Å². The molecule has 0 bridgehead atoms. The SMILES string of the molecule is CCOCCOc1ccccc1NCC(=O)Nc1cccc(NC(=O)C(C)C)c1.